The van der Waals surface area contributed by atoms with E-state index in [1.807, 2.05) is 0 Å². The summed E-state index contributed by atoms with van der Waals surface area (Å²) in [5.41, 5.74) is 8.11. The normalized spacial score (nSPS) is 10.8. The summed E-state index contributed by atoms with van der Waals surface area (Å²) in [7, 11) is 0. The van der Waals surface area contributed by atoms with Crippen molar-refractivity contribution in [3.05, 3.63) is 106 Å². The monoisotopic (exact) mass is 330 g/mol. The number of hydrogen-bond acceptors (Lipinski definition) is 0. The fraction of sp³-hybridized carbons (Fsp3) is 0.280. The van der Waals surface area contributed by atoms with Crippen molar-refractivity contribution in [2.75, 3.05) is 0 Å². The lowest BCUT2D eigenvalue weighted by Crippen LogP contribution is -2.18. The van der Waals surface area contributed by atoms with E-state index in [9.17, 15) is 0 Å². The second-order valence-corrected chi connectivity index (χ2v) is 7.52. The SMILES string of the molecule is Cc1ccc(C(C)(C)c2ccc(C)cc2)cc1.Cc1cccc(C)c1. The molecule has 0 heterocycles. The Morgan fingerprint density at radius 3 is 1.12 bits per heavy atom. The second-order valence-electron chi connectivity index (χ2n) is 7.52. The largest absolute Gasteiger partial charge is 0.0617 e. The van der Waals surface area contributed by atoms with E-state index in [0.29, 0.717) is 0 Å². The maximum Gasteiger partial charge on any atom is 0.0146 e. The van der Waals surface area contributed by atoms with Gasteiger partial charge in [-0.3, -0.25) is 0 Å². The smallest absolute Gasteiger partial charge is 0.0146 e. The van der Waals surface area contributed by atoms with E-state index in [1.165, 1.54) is 33.4 Å². The Bertz CT molecular complexity index is 725. The number of rotatable bonds is 2. The Labute approximate surface area is 153 Å². The lowest BCUT2D eigenvalue weighted by Gasteiger charge is -2.26. The minimum atomic E-state index is 0.0708. The van der Waals surface area contributed by atoms with Gasteiger partial charge in [-0.1, -0.05) is 109 Å². The maximum atomic E-state index is 2.28. The molecule has 0 aliphatic heterocycles. The van der Waals surface area contributed by atoms with Crippen LogP contribution in [0.3, 0.4) is 0 Å². The quantitative estimate of drug-likeness (QED) is 0.478. The topological polar surface area (TPSA) is 0 Å². The van der Waals surface area contributed by atoms with Crippen LogP contribution in [0.1, 0.15) is 47.2 Å². The second kappa shape index (κ2) is 8.16. The van der Waals surface area contributed by atoms with E-state index < -0.39 is 0 Å². The molecule has 0 aliphatic rings. The molecule has 0 aromatic heterocycles. The average molecular weight is 331 g/mol. The van der Waals surface area contributed by atoms with Gasteiger partial charge in [0, 0.05) is 5.41 Å². The number of hydrogen-bond donors (Lipinski definition) is 0. The predicted octanol–water partition coefficient (Wildman–Crippen LogP) is 6.93. The third kappa shape index (κ3) is 5.32. The zero-order chi connectivity index (χ0) is 18.4. The molecule has 0 N–H and O–H groups in total. The fourth-order valence-electron chi connectivity index (χ4n) is 2.91. The number of benzene rings is 3. The van der Waals surface area contributed by atoms with E-state index in [1.54, 1.807) is 0 Å². The average Bonchev–Trinajstić information content (AvgIpc) is 2.56. The molecule has 0 radical (unpaired) electrons. The third-order valence-corrected chi connectivity index (χ3v) is 4.72. The van der Waals surface area contributed by atoms with Crippen LogP contribution >= 0.6 is 0 Å². The zero-order valence-electron chi connectivity index (χ0n) is 16.4. The summed E-state index contributed by atoms with van der Waals surface area (Å²) in [6.45, 7) is 13.0. The zero-order valence-corrected chi connectivity index (χ0v) is 16.4. The molecule has 0 saturated heterocycles. The molecule has 0 unspecified atom stereocenters. The van der Waals surface area contributed by atoms with Gasteiger partial charge in [0.25, 0.3) is 0 Å². The van der Waals surface area contributed by atoms with Gasteiger partial charge >= 0.3 is 0 Å². The molecule has 0 nitrogen and oxygen atoms in total. The first-order chi connectivity index (χ1) is 11.8. The lowest BCUT2D eigenvalue weighted by atomic mass is 9.78. The summed E-state index contributed by atoms with van der Waals surface area (Å²) >= 11 is 0. The highest BCUT2D eigenvalue weighted by Crippen LogP contribution is 2.31. The van der Waals surface area contributed by atoms with Gasteiger partial charge in [0.2, 0.25) is 0 Å². The van der Waals surface area contributed by atoms with Crippen LogP contribution < -0.4 is 0 Å². The van der Waals surface area contributed by atoms with E-state index in [-0.39, 0.29) is 5.41 Å². The van der Waals surface area contributed by atoms with E-state index in [4.69, 9.17) is 0 Å². The van der Waals surface area contributed by atoms with Gasteiger partial charge in [0.1, 0.15) is 0 Å². The molecule has 0 bridgehead atoms. The third-order valence-electron chi connectivity index (χ3n) is 4.72. The van der Waals surface area contributed by atoms with Crippen LogP contribution in [0.15, 0.2) is 72.8 Å². The molecule has 0 spiro atoms. The Morgan fingerprint density at radius 2 is 0.840 bits per heavy atom. The van der Waals surface area contributed by atoms with Crippen LogP contribution in [0.4, 0.5) is 0 Å². The predicted molar refractivity (Wildman–Crippen MR) is 110 cm³/mol. The molecular weight excluding hydrogens is 300 g/mol. The first-order valence-corrected chi connectivity index (χ1v) is 8.96. The van der Waals surface area contributed by atoms with Crippen molar-refractivity contribution in [2.24, 2.45) is 0 Å². The summed E-state index contributed by atoms with van der Waals surface area (Å²) in [4.78, 5) is 0. The molecule has 0 heteroatoms. The molecule has 0 fully saturated rings. The van der Waals surface area contributed by atoms with Crippen molar-refractivity contribution in [1.82, 2.24) is 0 Å². The van der Waals surface area contributed by atoms with E-state index in [0.717, 1.165) is 0 Å². The molecular formula is C25H30. The van der Waals surface area contributed by atoms with Crippen molar-refractivity contribution in [3.8, 4) is 0 Å². The molecule has 130 valence electrons. The summed E-state index contributed by atoms with van der Waals surface area (Å²) in [5, 5.41) is 0. The standard InChI is InChI=1S/C17H20.C8H10/c1-13-5-9-15(10-6-13)17(3,4)16-11-7-14(2)8-12-16;1-7-4-3-5-8(2)6-7/h5-12H,1-4H3;3-6H,1-2H3. The van der Waals surface area contributed by atoms with Crippen molar-refractivity contribution in [3.63, 3.8) is 0 Å². The van der Waals surface area contributed by atoms with Gasteiger partial charge in [-0.05, 0) is 38.8 Å². The van der Waals surface area contributed by atoms with Gasteiger partial charge < -0.3 is 0 Å². The van der Waals surface area contributed by atoms with Crippen molar-refractivity contribution in [2.45, 2.75) is 47.0 Å². The molecule has 0 aliphatic carbocycles. The Balaban J connectivity index is 0.000000236. The molecule has 0 saturated carbocycles. The first kappa shape index (κ1) is 19.0. The molecule has 0 atom stereocenters. The Kier molecular flexibility index (Phi) is 6.20. The molecule has 3 aromatic rings. The van der Waals surface area contributed by atoms with E-state index >= 15 is 0 Å². The van der Waals surface area contributed by atoms with E-state index in [2.05, 4.69) is 114 Å². The Morgan fingerprint density at radius 1 is 0.480 bits per heavy atom. The summed E-state index contributed by atoms with van der Waals surface area (Å²) in [6, 6.07) is 26.1. The van der Waals surface area contributed by atoms with Crippen LogP contribution in [0.5, 0.6) is 0 Å². The van der Waals surface area contributed by atoms with Gasteiger partial charge in [-0.15, -0.1) is 0 Å². The summed E-state index contributed by atoms with van der Waals surface area (Å²) in [5.74, 6) is 0. The fourth-order valence-corrected chi connectivity index (χ4v) is 2.91. The minimum Gasteiger partial charge on any atom is -0.0617 e. The lowest BCUT2D eigenvalue weighted by molar-refractivity contribution is 0.640. The highest BCUT2D eigenvalue weighted by molar-refractivity contribution is 5.39. The van der Waals surface area contributed by atoms with Gasteiger partial charge in [-0.25, -0.2) is 0 Å². The summed E-state index contributed by atoms with van der Waals surface area (Å²) in [6.07, 6.45) is 0. The van der Waals surface area contributed by atoms with Crippen LogP contribution in [0, 0.1) is 27.7 Å². The molecule has 0 amide bonds. The van der Waals surface area contributed by atoms with Crippen LogP contribution in [-0.2, 0) is 5.41 Å². The minimum absolute atomic E-state index is 0.0708. The van der Waals surface area contributed by atoms with Crippen LogP contribution in [-0.4, -0.2) is 0 Å². The molecule has 3 aromatic carbocycles. The summed E-state index contributed by atoms with van der Waals surface area (Å²) < 4.78 is 0. The van der Waals surface area contributed by atoms with Gasteiger partial charge in [0.05, 0.1) is 0 Å². The highest BCUT2D eigenvalue weighted by Gasteiger charge is 2.22. The van der Waals surface area contributed by atoms with Crippen molar-refractivity contribution >= 4 is 0 Å². The van der Waals surface area contributed by atoms with Crippen LogP contribution in [0.25, 0.3) is 0 Å². The molecule has 25 heavy (non-hydrogen) atoms. The molecule has 3 rings (SSSR count). The van der Waals surface area contributed by atoms with Gasteiger partial charge in [-0.2, -0.15) is 0 Å². The number of aryl methyl sites for hydroxylation is 4. The van der Waals surface area contributed by atoms with Crippen LogP contribution in [0.2, 0.25) is 0 Å². The van der Waals surface area contributed by atoms with Crippen molar-refractivity contribution in [1.29, 1.82) is 0 Å². The highest BCUT2D eigenvalue weighted by atomic mass is 14.3. The van der Waals surface area contributed by atoms with Crippen molar-refractivity contribution < 1.29 is 0 Å². The first-order valence-electron chi connectivity index (χ1n) is 8.96. The maximum absolute atomic E-state index is 2.28. The Hall–Kier alpha value is -2.34. The van der Waals surface area contributed by atoms with Gasteiger partial charge in [0.15, 0.2) is 0 Å².